The first-order chi connectivity index (χ1) is 15.0. The van der Waals surface area contributed by atoms with E-state index < -0.39 is 10.0 Å². The Balaban J connectivity index is 1.67. The molecule has 0 bridgehead atoms. The van der Waals surface area contributed by atoms with Crippen molar-refractivity contribution in [1.82, 2.24) is 4.57 Å². The zero-order valence-electron chi connectivity index (χ0n) is 19.0. The molecule has 0 aliphatic heterocycles. The van der Waals surface area contributed by atoms with Crippen LogP contribution in [0.4, 0.5) is 11.4 Å². The number of benzene rings is 2. The molecule has 1 amide bonds. The number of carbonyl (C=O) groups is 1. The maximum atomic E-state index is 12.5. The van der Waals surface area contributed by atoms with Crippen LogP contribution in [0.15, 0.2) is 41.2 Å². The highest BCUT2D eigenvalue weighted by molar-refractivity contribution is 7.92. The number of carbonyl (C=O) groups excluding carboxylic acids is 1. The second-order valence-corrected chi connectivity index (χ2v) is 11.1. The standard InChI is InChI=1S/C23H29N3O4S2/c1-15(2)26-20-12-11-18(14-21(20)31-23(26)28)24-22(27)10-7-13-25(32(5,29)30)19-9-6-8-16(3)17(19)4/h6,8-9,11-12,14-15H,7,10,13H2,1-5H3,(H,24,27). The summed E-state index contributed by atoms with van der Waals surface area (Å²) < 4.78 is 28.6. The number of sulfonamides is 1. The minimum absolute atomic E-state index is 0.0224. The van der Waals surface area contributed by atoms with Gasteiger partial charge in [-0.2, -0.15) is 0 Å². The molecule has 0 spiro atoms. The Morgan fingerprint density at radius 2 is 1.91 bits per heavy atom. The fourth-order valence-corrected chi connectivity index (χ4v) is 5.75. The van der Waals surface area contributed by atoms with Crippen molar-refractivity contribution in [2.24, 2.45) is 0 Å². The molecule has 0 fully saturated rings. The lowest BCUT2D eigenvalue weighted by atomic mass is 10.1. The molecular formula is C23H29N3O4S2. The first-order valence-electron chi connectivity index (χ1n) is 10.5. The number of nitrogens with one attached hydrogen (secondary N) is 1. The molecule has 0 atom stereocenters. The van der Waals surface area contributed by atoms with Crippen molar-refractivity contribution in [2.45, 2.75) is 46.6 Å². The van der Waals surface area contributed by atoms with E-state index in [9.17, 15) is 18.0 Å². The van der Waals surface area contributed by atoms with Gasteiger partial charge in [-0.3, -0.25) is 18.5 Å². The van der Waals surface area contributed by atoms with Gasteiger partial charge in [0.25, 0.3) is 0 Å². The number of aromatic nitrogens is 1. The summed E-state index contributed by atoms with van der Waals surface area (Å²) in [5.41, 5.74) is 4.03. The molecule has 0 radical (unpaired) electrons. The van der Waals surface area contributed by atoms with Crippen LogP contribution >= 0.6 is 11.3 Å². The summed E-state index contributed by atoms with van der Waals surface area (Å²) in [5.74, 6) is -0.200. The third-order valence-electron chi connectivity index (χ3n) is 5.42. The number of aryl methyl sites for hydroxylation is 1. The topological polar surface area (TPSA) is 88.5 Å². The Hall–Kier alpha value is -2.65. The molecule has 0 unspecified atom stereocenters. The smallest absolute Gasteiger partial charge is 0.308 e. The quantitative estimate of drug-likeness (QED) is 0.521. The lowest BCUT2D eigenvalue weighted by molar-refractivity contribution is -0.116. The van der Waals surface area contributed by atoms with Gasteiger partial charge in [-0.25, -0.2) is 8.42 Å². The van der Waals surface area contributed by atoms with Crippen LogP contribution in [0, 0.1) is 13.8 Å². The van der Waals surface area contributed by atoms with Crippen LogP contribution in [0.3, 0.4) is 0 Å². The Morgan fingerprint density at radius 1 is 1.19 bits per heavy atom. The minimum Gasteiger partial charge on any atom is -0.326 e. The maximum absolute atomic E-state index is 12.5. The Kier molecular flexibility index (Phi) is 7.09. The fourth-order valence-electron chi connectivity index (χ4n) is 3.68. The van der Waals surface area contributed by atoms with Gasteiger partial charge in [0.2, 0.25) is 15.9 Å². The van der Waals surface area contributed by atoms with Crippen molar-refractivity contribution in [1.29, 1.82) is 0 Å². The summed E-state index contributed by atoms with van der Waals surface area (Å²) in [6.07, 6.45) is 1.74. The van der Waals surface area contributed by atoms with Crippen LogP contribution in [-0.2, 0) is 14.8 Å². The van der Waals surface area contributed by atoms with Crippen molar-refractivity contribution >= 4 is 48.9 Å². The van der Waals surface area contributed by atoms with Gasteiger partial charge in [-0.1, -0.05) is 23.5 Å². The van der Waals surface area contributed by atoms with E-state index in [0.717, 1.165) is 32.7 Å². The number of nitrogens with zero attached hydrogens (tertiary/aromatic N) is 2. The molecule has 9 heteroatoms. The highest BCUT2D eigenvalue weighted by Gasteiger charge is 2.20. The van der Waals surface area contributed by atoms with Gasteiger partial charge in [-0.05, 0) is 69.5 Å². The van der Waals surface area contributed by atoms with Crippen LogP contribution < -0.4 is 14.5 Å². The summed E-state index contributed by atoms with van der Waals surface area (Å²) in [5, 5.41) is 2.85. The summed E-state index contributed by atoms with van der Waals surface area (Å²) in [6, 6.07) is 11.0. The monoisotopic (exact) mass is 475 g/mol. The molecule has 3 rings (SSSR count). The second-order valence-electron chi connectivity index (χ2n) is 8.22. The number of fused-ring (bicyclic) bond motifs is 1. The third kappa shape index (κ3) is 5.21. The zero-order chi connectivity index (χ0) is 23.6. The van der Waals surface area contributed by atoms with Crippen LogP contribution in [-0.4, -0.2) is 31.7 Å². The van der Waals surface area contributed by atoms with Gasteiger partial charge in [0.1, 0.15) is 0 Å². The normalized spacial score (nSPS) is 11.8. The number of hydrogen-bond acceptors (Lipinski definition) is 5. The van der Waals surface area contributed by atoms with Crippen LogP contribution in [0.5, 0.6) is 0 Å². The first-order valence-corrected chi connectivity index (χ1v) is 13.1. The van der Waals surface area contributed by atoms with Crippen molar-refractivity contribution in [3.8, 4) is 0 Å². The van der Waals surface area contributed by atoms with Gasteiger partial charge in [0.05, 0.1) is 22.2 Å². The van der Waals surface area contributed by atoms with Crippen molar-refractivity contribution < 1.29 is 13.2 Å². The third-order valence-corrected chi connectivity index (χ3v) is 7.52. The summed E-state index contributed by atoms with van der Waals surface area (Å²) >= 11 is 1.16. The number of rotatable bonds is 8. The summed E-state index contributed by atoms with van der Waals surface area (Å²) in [6.45, 7) is 7.97. The molecule has 0 aliphatic rings. The van der Waals surface area contributed by atoms with Crippen molar-refractivity contribution in [2.75, 3.05) is 22.4 Å². The molecule has 7 nitrogen and oxygen atoms in total. The van der Waals surface area contributed by atoms with Crippen LogP contribution in [0.2, 0.25) is 0 Å². The van der Waals surface area contributed by atoms with Crippen molar-refractivity contribution in [3.05, 3.63) is 57.2 Å². The molecule has 1 aromatic heterocycles. The van der Waals surface area contributed by atoms with Gasteiger partial charge in [0, 0.05) is 24.7 Å². The van der Waals surface area contributed by atoms with Crippen LogP contribution in [0.25, 0.3) is 10.2 Å². The average Bonchev–Trinajstić information content (AvgIpc) is 3.02. The number of hydrogen-bond donors (Lipinski definition) is 1. The fraction of sp³-hybridized carbons (Fsp3) is 0.391. The van der Waals surface area contributed by atoms with E-state index in [1.165, 1.54) is 10.6 Å². The SMILES string of the molecule is Cc1cccc(N(CCCC(=O)Nc2ccc3c(c2)sc(=O)n3C(C)C)S(C)(=O)=O)c1C. The zero-order valence-corrected chi connectivity index (χ0v) is 20.6. The second kappa shape index (κ2) is 9.46. The summed E-state index contributed by atoms with van der Waals surface area (Å²) in [4.78, 5) is 24.7. The van der Waals surface area contributed by atoms with E-state index >= 15 is 0 Å². The lowest BCUT2D eigenvalue weighted by Crippen LogP contribution is -2.32. The van der Waals surface area contributed by atoms with E-state index in [2.05, 4.69) is 5.32 Å². The molecule has 1 heterocycles. The molecule has 0 aliphatic carbocycles. The van der Waals surface area contributed by atoms with Crippen LogP contribution in [0.1, 0.15) is 43.9 Å². The Labute approximate surface area is 192 Å². The molecule has 172 valence electrons. The number of thiazole rings is 1. The lowest BCUT2D eigenvalue weighted by Gasteiger charge is -2.24. The predicted molar refractivity (Wildman–Crippen MR) is 132 cm³/mol. The number of amides is 1. The average molecular weight is 476 g/mol. The van der Waals surface area contributed by atoms with Gasteiger partial charge in [-0.15, -0.1) is 0 Å². The largest absolute Gasteiger partial charge is 0.326 e. The highest BCUT2D eigenvalue weighted by Crippen LogP contribution is 2.26. The maximum Gasteiger partial charge on any atom is 0.308 e. The Morgan fingerprint density at radius 3 is 2.56 bits per heavy atom. The molecule has 3 aromatic rings. The van der Waals surface area contributed by atoms with Gasteiger partial charge in [0.15, 0.2) is 0 Å². The molecule has 2 aromatic carbocycles. The Bertz CT molecular complexity index is 1310. The van der Waals surface area contributed by atoms with E-state index in [1.807, 2.05) is 45.9 Å². The van der Waals surface area contributed by atoms with Crippen molar-refractivity contribution in [3.63, 3.8) is 0 Å². The van der Waals surface area contributed by atoms with Gasteiger partial charge >= 0.3 is 4.87 Å². The van der Waals surface area contributed by atoms with E-state index in [-0.39, 0.29) is 29.8 Å². The molecule has 0 saturated carbocycles. The van der Waals surface area contributed by atoms with E-state index in [4.69, 9.17) is 0 Å². The minimum atomic E-state index is -3.48. The number of anilines is 2. The molecule has 0 saturated heterocycles. The highest BCUT2D eigenvalue weighted by atomic mass is 32.2. The van der Waals surface area contributed by atoms with Gasteiger partial charge < -0.3 is 5.32 Å². The molecule has 32 heavy (non-hydrogen) atoms. The van der Waals surface area contributed by atoms with E-state index in [1.54, 1.807) is 22.8 Å². The van der Waals surface area contributed by atoms with E-state index in [0.29, 0.717) is 17.8 Å². The first kappa shape index (κ1) is 24.0. The molecule has 1 N–H and O–H groups in total. The predicted octanol–water partition coefficient (Wildman–Crippen LogP) is 4.45. The molecular weight excluding hydrogens is 446 g/mol. The summed E-state index contributed by atoms with van der Waals surface area (Å²) in [7, 11) is -3.48.